The Morgan fingerprint density at radius 2 is 2.06 bits per heavy atom. The molecule has 0 amide bonds. The molecule has 2 nitrogen and oxygen atoms in total. The number of hydrogen-bond donors (Lipinski definition) is 2. The van der Waals surface area contributed by atoms with Crippen LogP contribution in [0.4, 0.5) is 5.69 Å². The van der Waals surface area contributed by atoms with Crippen LogP contribution in [-0.4, -0.2) is 18.3 Å². The van der Waals surface area contributed by atoms with Crippen molar-refractivity contribution < 1.29 is 5.11 Å². The first kappa shape index (κ1) is 13.0. The van der Waals surface area contributed by atoms with Gasteiger partial charge in [0.15, 0.2) is 0 Å². The summed E-state index contributed by atoms with van der Waals surface area (Å²) < 4.78 is 0. The van der Waals surface area contributed by atoms with Crippen molar-refractivity contribution in [3.63, 3.8) is 0 Å². The summed E-state index contributed by atoms with van der Waals surface area (Å²) in [6, 6.07) is 6.53. The van der Waals surface area contributed by atoms with Crippen LogP contribution >= 0.6 is 0 Å². The van der Waals surface area contributed by atoms with Crippen LogP contribution < -0.4 is 5.32 Å². The molecule has 1 rings (SSSR count). The summed E-state index contributed by atoms with van der Waals surface area (Å²) in [4.78, 5) is 0. The second-order valence-corrected chi connectivity index (χ2v) is 4.20. The Balaban J connectivity index is 2.75. The average Bonchev–Trinajstić information content (AvgIpc) is 2.35. The second kappa shape index (κ2) is 6.54. The van der Waals surface area contributed by atoms with Gasteiger partial charge in [0.1, 0.15) is 0 Å². The minimum Gasteiger partial charge on any atom is -0.393 e. The monoisotopic (exact) mass is 221 g/mol. The van der Waals surface area contributed by atoms with Crippen molar-refractivity contribution in [2.24, 2.45) is 0 Å². The van der Waals surface area contributed by atoms with E-state index in [0.717, 1.165) is 25.7 Å². The molecule has 0 aliphatic rings. The predicted octanol–water partition coefficient (Wildman–Crippen LogP) is 2.99. The Morgan fingerprint density at radius 1 is 1.31 bits per heavy atom. The van der Waals surface area contributed by atoms with E-state index in [4.69, 9.17) is 0 Å². The Kier molecular flexibility index (Phi) is 5.33. The second-order valence-electron chi connectivity index (χ2n) is 4.20. The van der Waals surface area contributed by atoms with Gasteiger partial charge in [-0.2, -0.15) is 0 Å². The third-order valence-electron chi connectivity index (χ3n) is 3.07. The Labute approximate surface area is 98.7 Å². The molecule has 0 unspecified atom stereocenters. The number of nitrogens with one attached hydrogen (secondary N) is 1. The fourth-order valence-electron chi connectivity index (χ4n) is 1.84. The average molecular weight is 221 g/mol. The minimum atomic E-state index is -0.171. The molecular weight excluding hydrogens is 198 g/mol. The van der Waals surface area contributed by atoms with Gasteiger partial charge in [-0.25, -0.2) is 0 Å². The molecule has 16 heavy (non-hydrogen) atoms. The summed E-state index contributed by atoms with van der Waals surface area (Å²) in [6.45, 7) is 4.19. The van der Waals surface area contributed by atoms with Crippen LogP contribution in [0.2, 0.25) is 0 Å². The van der Waals surface area contributed by atoms with E-state index in [1.165, 1.54) is 16.8 Å². The third kappa shape index (κ3) is 3.53. The topological polar surface area (TPSA) is 32.3 Å². The van der Waals surface area contributed by atoms with Crippen molar-refractivity contribution in [1.29, 1.82) is 0 Å². The zero-order chi connectivity index (χ0) is 12.0. The van der Waals surface area contributed by atoms with Crippen LogP contribution in [0.3, 0.4) is 0 Å². The van der Waals surface area contributed by atoms with Crippen molar-refractivity contribution in [3.8, 4) is 0 Å². The summed E-state index contributed by atoms with van der Waals surface area (Å²) >= 11 is 0. The Bertz CT molecular complexity index is 323. The van der Waals surface area contributed by atoms with E-state index in [2.05, 4.69) is 30.4 Å². The number of hydrogen-bond acceptors (Lipinski definition) is 2. The number of aryl methyl sites for hydroxylation is 2. The molecule has 1 atom stereocenters. The van der Waals surface area contributed by atoms with E-state index >= 15 is 0 Å². The lowest BCUT2D eigenvalue weighted by Crippen LogP contribution is -2.07. The van der Waals surface area contributed by atoms with Crippen molar-refractivity contribution >= 4 is 5.69 Å². The molecule has 0 saturated carbocycles. The minimum absolute atomic E-state index is 0.171. The van der Waals surface area contributed by atoms with Gasteiger partial charge in [0.2, 0.25) is 0 Å². The van der Waals surface area contributed by atoms with E-state index in [0.29, 0.717) is 0 Å². The molecule has 0 radical (unpaired) electrons. The van der Waals surface area contributed by atoms with E-state index in [1.807, 2.05) is 14.0 Å². The molecule has 0 aliphatic heterocycles. The zero-order valence-electron chi connectivity index (χ0n) is 10.6. The molecule has 0 aliphatic carbocycles. The number of aliphatic hydroxyl groups is 1. The number of anilines is 1. The number of aliphatic hydroxyl groups excluding tert-OH is 1. The molecule has 2 N–H and O–H groups in total. The molecule has 0 aromatic heterocycles. The fraction of sp³-hybridized carbons (Fsp3) is 0.571. The maximum Gasteiger partial charge on any atom is 0.0540 e. The standard InChI is InChI=1S/C14H23NO/c1-4-11-6-9-14(15-3)12(10-11)7-8-13(16)5-2/h6,9-10,13,15-16H,4-5,7-8H2,1-3H3/t13-/m0/s1. The summed E-state index contributed by atoms with van der Waals surface area (Å²) in [6.07, 6.45) is 3.52. The molecule has 0 fully saturated rings. The zero-order valence-corrected chi connectivity index (χ0v) is 10.6. The highest BCUT2D eigenvalue weighted by Gasteiger charge is 2.06. The van der Waals surface area contributed by atoms with Crippen LogP contribution in [0.5, 0.6) is 0 Å². The van der Waals surface area contributed by atoms with Gasteiger partial charge in [0.25, 0.3) is 0 Å². The van der Waals surface area contributed by atoms with Crippen LogP contribution in [0.15, 0.2) is 18.2 Å². The summed E-state index contributed by atoms with van der Waals surface area (Å²) in [5, 5.41) is 12.8. The van der Waals surface area contributed by atoms with Gasteiger partial charge in [0.05, 0.1) is 6.10 Å². The van der Waals surface area contributed by atoms with Crippen molar-refractivity contribution in [2.75, 3.05) is 12.4 Å². The predicted molar refractivity (Wildman–Crippen MR) is 70.0 cm³/mol. The van der Waals surface area contributed by atoms with E-state index in [-0.39, 0.29) is 6.10 Å². The molecule has 0 heterocycles. The highest BCUT2D eigenvalue weighted by atomic mass is 16.3. The van der Waals surface area contributed by atoms with Gasteiger partial charge in [-0.15, -0.1) is 0 Å². The SMILES string of the molecule is CCc1ccc(NC)c(CC[C@@H](O)CC)c1. The third-order valence-corrected chi connectivity index (χ3v) is 3.07. The lowest BCUT2D eigenvalue weighted by molar-refractivity contribution is 0.161. The Morgan fingerprint density at radius 3 is 2.62 bits per heavy atom. The van der Waals surface area contributed by atoms with Crippen LogP contribution in [0, 0.1) is 0 Å². The number of benzene rings is 1. The maximum atomic E-state index is 9.59. The first-order chi connectivity index (χ1) is 7.71. The molecule has 1 aromatic rings. The highest BCUT2D eigenvalue weighted by Crippen LogP contribution is 2.20. The summed E-state index contributed by atoms with van der Waals surface area (Å²) in [7, 11) is 1.95. The van der Waals surface area contributed by atoms with Gasteiger partial charge in [-0.05, 0) is 42.9 Å². The molecule has 2 heteroatoms. The van der Waals surface area contributed by atoms with Gasteiger partial charge in [-0.1, -0.05) is 26.0 Å². The van der Waals surface area contributed by atoms with Crippen molar-refractivity contribution in [2.45, 2.75) is 45.6 Å². The summed E-state index contributed by atoms with van der Waals surface area (Å²) in [5.74, 6) is 0. The molecule has 0 bridgehead atoms. The first-order valence-corrected chi connectivity index (χ1v) is 6.18. The van der Waals surface area contributed by atoms with E-state index < -0.39 is 0 Å². The fourth-order valence-corrected chi connectivity index (χ4v) is 1.84. The van der Waals surface area contributed by atoms with Gasteiger partial charge in [0, 0.05) is 12.7 Å². The molecular formula is C14H23NO. The lowest BCUT2D eigenvalue weighted by Gasteiger charge is -2.13. The van der Waals surface area contributed by atoms with Crippen molar-refractivity contribution in [1.82, 2.24) is 0 Å². The highest BCUT2D eigenvalue weighted by molar-refractivity contribution is 5.52. The van der Waals surface area contributed by atoms with Crippen molar-refractivity contribution in [3.05, 3.63) is 29.3 Å². The van der Waals surface area contributed by atoms with Gasteiger partial charge in [-0.3, -0.25) is 0 Å². The maximum absolute atomic E-state index is 9.59. The number of rotatable bonds is 6. The van der Waals surface area contributed by atoms with Gasteiger partial charge >= 0.3 is 0 Å². The largest absolute Gasteiger partial charge is 0.393 e. The smallest absolute Gasteiger partial charge is 0.0540 e. The molecule has 0 saturated heterocycles. The normalized spacial score (nSPS) is 12.5. The first-order valence-electron chi connectivity index (χ1n) is 6.18. The van der Waals surface area contributed by atoms with E-state index in [1.54, 1.807) is 0 Å². The lowest BCUT2D eigenvalue weighted by atomic mass is 10.0. The van der Waals surface area contributed by atoms with E-state index in [9.17, 15) is 5.11 Å². The molecule has 1 aromatic carbocycles. The van der Waals surface area contributed by atoms with Gasteiger partial charge < -0.3 is 10.4 Å². The summed E-state index contributed by atoms with van der Waals surface area (Å²) in [5.41, 5.74) is 3.86. The molecule has 90 valence electrons. The quantitative estimate of drug-likeness (QED) is 0.774. The van der Waals surface area contributed by atoms with Crippen LogP contribution in [0.25, 0.3) is 0 Å². The Hall–Kier alpha value is -1.02. The van der Waals surface area contributed by atoms with Crippen LogP contribution in [0.1, 0.15) is 37.8 Å². The van der Waals surface area contributed by atoms with Crippen LogP contribution in [-0.2, 0) is 12.8 Å². The molecule has 0 spiro atoms.